The van der Waals surface area contributed by atoms with Crippen LogP contribution in [0.1, 0.15) is 20.8 Å². The molecule has 0 bridgehead atoms. The lowest BCUT2D eigenvalue weighted by atomic mass is 10.1. The maximum atomic E-state index is 5.59. The molecule has 76 valence electrons. The van der Waals surface area contributed by atoms with E-state index in [0.29, 0.717) is 0 Å². The quantitative estimate of drug-likeness (QED) is 0.641. The van der Waals surface area contributed by atoms with Crippen LogP contribution >= 0.6 is 12.2 Å². The highest BCUT2D eigenvalue weighted by Gasteiger charge is 2.28. The Labute approximate surface area is 85.4 Å². The van der Waals surface area contributed by atoms with Gasteiger partial charge in [-0.05, 0) is 33.0 Å². The zero-order valence-corrected chi connectivity index (χ0v) is 9.41. The molecule has 0 unspecified atom stereocenters. The van der Waals surface area contributed by atoms with Crippen molar-refractivity contribution in [3.63, 3.8) is 0 Å². The minimum Gasteiger partial charge on any atom is -0.372 e. The van der Waals surface area contributed by atoms with Gasteiger partial charge in [0, 0.05) is 19.6 Å². The van der Waals surface area contributed by atoms with Crippen LogP contribution in [0, 0.1) is 0 Å². The number of morpholine rings is 1. The van der Waals surface area contributed by atoms with Crippen LogP contribution in [0.2, 0.25) is 0 Å². The molecule has 0 amide bonds. The summed E-state index contributed by atoms with van der Waals surface area (Å²) in [6, 6.07) is 0. The van der Waals surface area contributed by atoms with Gasteiger partial charge in [0.15, 0.2) is 5.11 Å². The zero-order chi connectivity index (χ0) is 9.90. The molecule has 0 aromatic rings. The molecule has 0 saturated carbocycles. The average Bonchev–Trinajstić information content (AvgIpc) is 2.03. The third-order valence-electron chi connectivity index (χ3n) is 2.04. The molecule has 1 rings (SSSR count). The Hall–Kier alpha value is -0.350. The summed E-state index contributed by atoms with van der Waals surface area (Å²) in [5, 5.41) is 4.00. The van der Waals surface area contributed by atoms with E-state index in [1.807, 2.05) is 0 Å². The first-order valence-corrected chi connectivity index (χ1v) is 5.13. The molecule has 1 N–H and O–H groups in total. The number of thiocarbonyl (C=S) groups is 1. The van der Waals surface area contributed by atoms with Gasteiger partial charge in [-0.25, -0.2) is 0 Å². The Kier molecular flexibility index (Phi) is 3.50. The Morgan fingerprint density at radius 3 is 2.85 bits per heavy atom. The molecule has 1 aliphatic rings. The van der Waals surface area contributed by atoms with Crippen molar-refractivity contribution in [2.45, 2.75) is 26.4 Å². The molecule has 4 heteroatoms. The molecule has 0 aromatic carbocycles. The summed E-state index contributed by atoms with van der Waals surface area (Å²) < 4.78 is 5.59. The van der Waals surface area contributed by atoms with Crippen molar-refractivity contribution in [1.82, 2.24) is 10.2 Å². The zero-order valence-electron chi connectivity index (χ0n) is 8.59. The highest BCUT2D eigenvalue weighted by atomic mass is 32.1. The Morgan fingerprint density at radius 2 is 2.31 bits per heavy atom. The molecule has 1 fully saturated rings. The number of nitrogens with zero attached hydrogens (tertiary/aromatic N) is 1. The minimum absolute atomic E-state index is 0.0717. The maximum absolute atomic E-state index is 5.59. The smallest absolute Gasteiger partial charge is 0.169 e. The fourth-order valence-electron chi connectivity index (χ4n) is 1.45. The second-order valence-corrected chi connectivity index (χ2v) is 4.25. The van der Waals surface area contributed by atoms with Crippen LogP contribution in [0.25, 0.3) is 0 Å². The van der Waals surface area contributed by atoms with Crippen LogP contribution < -0.4 is 5.32 Å². The SMILES string of the molecule is CCNC(=S)N1CCOC(C)(C)C1. The lowest BCUT2D eigenvalue weighted by Crippen LogP contribution is -2.53. The van der Waals surface area contributed by atoms with E-state index in [4.69, 9.17) is 17.0 Å². The van der Waals surface area contributed by atoms with E-state index in [-0.39, 0.29) is 5.60 Å². The maximum Gasteiger partial charge on any atom is 0.169 e. The molecule has 1 aliphatic heterocycles. The summed E-state index contributed by atoms with van der Waals surface area (Å²) >= 11 is 5.23. The van der Waals surface area contributed by atoms with Gasteiger partial charge >= 0.3 is 0 Å². The fraction of sp³-hybridized carbons (Fsp3) is 0.889. The van der Waals surface area contributed by atoms with E-state index in [9.17, 15) is 0 Å². The van der Waals surface area contributed by atoms with E-state index in [1.54, 1.807) is 0 Å². The fourth-order valence-corrected chi connectivity index (χ4v) is 1.75. The van der Waals surface area contributed by atoms with Crippen LogP contribution in [-0.2, 0) is 4.74 Å². The van der Waals surface area contributed by atoms with Crippen LogP contribution in [-0.4, -0.2) is 41.9 Å². The van der Waals surface area contributed by atoms with Crippen LogP contribution in [0.4, 0.5) is 0 Å². The van der Waals surface area contributed by atoms with Gasteiger partial charge in [0.2, 0.25) is 0 Å². The molecule has 13 heavy (non-hydrogen) atoms. The van der Waals surface area contributed by atoms with E-state index < -0.39 is 0 Å². The summed E-state index contributed by atoms with van der Waals surface area (Å²) in [7, 11) is 0. The van der Waals surface area contributed by atoms with Gasteiger partial charge in [-0.3, -0.25) is 0 Å². The van der Waals surface area contributed by atoms with Crippen molar-refractivity contribution in [3.05, 3.63) is 0 Å². The van der Waals surface area contributed by atoms with Crippen LogP contribution in [0.15, 0.2) is 0 Å². The number of hydrogen-bond acceptors (Lipinski definition) is 2. The van der Waals surface area contributed by atoms with Crippen LogP contribution in [0.3, 0.4) is 0 Å². The number of hydrogen-bond donors (Lipinski definition) is 1. The molecular weight excluding hydrogens is 184 g/mol. The Morgan fingerprint density at radius 1 is 1.62 bits per heavy atom. The van der Waals surface area contributed by atoms with Crippen molar-refractivity contribution in [3.8, 4) is 0 Å². The summed E-state index contributed by atoms with van der Waals surface area (Å²) in [5.74, 6) is 0. The largest absolute Gasteiger partial charge is 0.372 e. The van der Waals surface area contributed by atoms with Gasteiger partial charge in [-0.1, -0.05) is 0 Å². The molecule has 0 spiro atoms. The van der Waals surface area contributed by atoms with Gasteiger partial charge < -0.3 is 15.0 Å². The lowest BCUT2D eigenvalue weighted by Gasteiger charge is -2.39. The average molecular weight is 202 g/mol. The molecule has 1 saturated heterocycles. The standard InChI is InChI=1S/C9H18N2OS/c1-4-10-8(13)11-5-6-12-9(2,3)7-11/h4-7H2,1-3H3,(H,10,13). The van der Waals surface area contributed by atoms with E-state index in [0.717, 1.165) is 31.4 Å². The predicted octanol–water partition coefficient (Wildman–Crippen LogP) is 0.992. The first-order chi connectivity index (χ1) is 6.05. The Bertz CT molecular complexity index is 194. The van der Waals surface area contributed by atoms with Gasteiger partial charge in [0.25, 0.3) is 0 Å². The van der Waals surface area contributed by atoms with Crippen molar-refractivity contribution in [1.29, 1.82) is 0 Å². The minimum atomic E-state index is -0.0717. The van der Waals surface area contributed by atoms with Gasteiger partial charge in [0.1, 0.15) is 0 Å². The number of ether oxygens (including phenoxy) is 1. The second-order valence-electron chi connectivity index (χ2n) is 3.87. The molecule has 0 radical (unpaired) electrons. The Balaban J connectivity index is 2.47. The third kappa shape index (κ3) is 3.12. The first-order valence-electron chi connectivity index (χ1n) is 4.72. The predicted molar refractivity (Wildman–Crippen MR) is 57.9 cm³/mol. The second kappa shape index (κ2) is 4.24. The molecule has 0 atom stereocenters. The number of rotatable bonds is 1. The summed E-state index contributed by atoms with van der Waals surface area (Å²) in [6.07, 6.45) is 0. The summed E-state index contributed by atoms with van der Waals surface area (Å²) in [6.45, 7) is 9.66. The summed E-state index contributed by atoms with van der Waals surface area (Å²) in [5.41, 5.74) is -0.0717. The van der Waals surface area contributed by atoms with Crippen molar-refractivity contribution < 1.29 is 4.74 Å². The molecule has 0 aromatic heterocycles. The van der Waals surface area contributed by atoms with Gasteiger partial charge in [-0.15, -0.1) is 0 Å². The topological polar surface area (TPSA) is 24.5 Å². The van der Waals surface area contributed by atoms with E-state index >= 15 is 0 Å². The van der Waals surface area contributed by atoms with Crippen molar-refractivity contribution in [2.75, 3.05) is 26.2 Å². The molecule has 3 nitrogen and oxygen atoms in total. The van der Waals surface area contributed by atoms with Gasteiger partial charge in [0.05, 0.1) is 12.2 Å². The van der Waals surface area contributed by atoms with Crippen molar-refractivity contribution >= 4 is 17.3 Å². The summed E-state index contributed by atoms with van der Waals surface area (Å²) in [4.78, 5) is 2.17. The highest BCUT2D eigenvalue weighted by Crippen LogP contribution is 2.16. The first kappa shape index (κ1) is 10.7. The van der Waals surface area contributed by atoms with Crippen molar-refractivity contribution in [2.24, 2.45) is 0 Å². The monoisotopic (exact) mass is 202 g/mol. The van der Waals surface area contributed by atoms with E-state index in [1.165, 1.54) is 0 Å². The molecular formula is C9H18N2OS. The normalized spacial score (nSPS) is 21.3. The third-order valence-corrected chi connectivity index (χ3v) is 2.44. The highest BCUT2D eigenvalue weighted by molar-refractivity contribution is 7.80. The lowest BCUT2D eigenvalue weighted by molar-refractivity contribution is -0.0678. The molecule has 0 aliphatic carbocycles. The van der Waals surface area contributed by atoms with E-state index in [2.05, 4.69) is 31.0 Å². The van der Waals surface area contributed by atoms with Crippen LogP contribution in [0.5, 0.6) is 0 Å². The molecule has 1 heterocycles. The van der Waals surface area contributed by atoms with Gasteiger partial charge in [-0.2, -0.15) is 0 Å². The number of nitrogens with one attached hydrogen (secondary N) is 1.